The maximum absolute atomic E-state index is 12.9. The molecule has 8 heteroatoms. The Bertz CT molecular complexity index is 993. The molecule has 0 aliphatic heterocycles. The van der Waals surface area contributed by atoms with Gasteiger partial charge < -0.3 is 25.4 Å². The number of carbonyl (C=O) groups excluding carboxylic acids is 2. The van der Waals surface area contributed by atoms with Crippen molar-refractivity contribution in [3.63, 3.8) is 0 Å². The molecule has 34 heavy (non-hydrogen) atoms. The Labute approximate surface area is 200 Å². The second-order valence-electron chi connectivity index (χ2n) is 8.99. The third-order valence-corrected chi connectivity index (χ3v) is 6.28. The van der Waals surface area contributed by atoms with Crippen LogP contribution in [0.4, 0.5) is 4.79 Å². The molecule has 1 aliphatic rings. The van der Waals surface area contributed by atoms with Gasteiger partial charge in [0.2, 0.25) is 5.91 Å². The molecule has 182 valence electrons. The quantitative estimate of drug-likeness (QED) is 0.496. The molecule has 2 aromatic carbocycles. The summed E-state index contributed by atoms with van der Waals surface area (Å²) in [5.74, 6) is -2.01. The number of rotatable bonds is 10. The van der Waals surface area contributed by atoms with E-state index in [9.17, 15) is 19.5 Å². The van der Waals surface area contributed by atoms with Crippen LogP contribution < -0.4 is 10.6 Å². The largest absolute Gasteiger partial charge is 0.480 e. The van der Waals surface area contributed by atoms with Crippen molar-refractivity contribution < 1.29 is 24.2 Å². The first-order chi connectivity index (χ1) is 16.2. The van der Waals surface area contributed by atoms with E-state index >= 15 is 0 Å². The number of likely N-dealkylation sites (N-methyl/N-ethyl adjacent to an activating group) is 1. The third kappa shape index (κ3) is 5.75. The summed E-state index contributed by atoms with van der Waals surface area (Å²) in [5, 5.41) is 14.7. The molecule has 0 spiro atoms. The Morgan fingerprint density at radius 3 is 2.06 bits per heavy atom. The highest BCUT2D eigenvalue weighted by Crippen LogP contribution is 2.44. The van der Waals surface area contributed by atoms with Gasteiger partial charge in [0, 0.05) is 12.5 Å². The third-order valence-electron chi connectivity index (χ3n) is 6.28. The summed E-state index contributed by atoms with van der Waals surface area (Å²) in [5.41, 5.74) is 4.44. The Balaban J connectivity index is 1.67. The van der Waals surface area contributed by atoms with Crippen LogP contribution in [0.5, 0.6) is 0 Å². The van der Waals surface area contributed by atoms with Gasteiger partial charge in [0.1, 0.15) is 18.7 Å². The molecule has 1 aliphatic carbocycles. The van der Waals surface area contributed by atoms with Crippen molar-refractivity contribution in [2.45, 2.75) is 38.3 Å². The highest BCUT2D eigenvalue weighted by Gasteiger charge is 2.32. The summed E-state index contributed by atoms with van der Waals surface area (Å²) in [7, 11) is 3.53. The maximum atomic E-state index is 12.9. The molecule has 0 saturated heterocycles. The second-order valence-corrected chi connectivity index (χ2v) is 8.99. The van der Waals surface area contributed by atoms with Crippen LogP contribution in [0.3, 0.4) is 0 Å². The Morgan fingerprint density at radius 1 is 1.00 bits per heavy atom. The van der Waals surface area contributed by atoms with E-state index in [1.54, 1.807) is 25.9 Å². The average molecular weight is 468 g/mol. The van der Waals surface area contributed by atoms with Crippen LogP contribution in [0.2, 0.25) is 0 Å². The van der Waals surface area contributed by atoms with Gasteiger partial charge in [-0.05, 0) is 42.3 Å². The van der Waals surface area contributed by atoms with E-state index in [-0.39, 0.29) is 25.0 Å². The molecule has 3 rings (SSSR count). The maximum Gasteiger partial charge on any atom is 0.407 e. The molecule has 2 amide bonds. The fourth-order valence-corrected chi connectivity index (χ4v) is 4.28. The molecular weight excluding hydrogens is 434 g/mol. The van der Waals surface area contributed by atoms with Gasteiger partial charge in [0.05, 0.1) is 0 Å². The van der Waals surface area contributed by atoms with Crippen LogP contribution in [0.15, 0.2) is 48.5 Å². The van der Waals surface area contributed by atoms with Crippen molar-refractivity contribution in [2.24, 2.45) is 5.92 Å². The summed E-state index contributed by atoms with van der Waals surface area (Å²) in [6.07, 6.45) is -0.130. The highest BCUT2D eigenvalue weighted by atomic mass is 16.5. The number of benzene rings is 2. The number of carboxylic acids is 1. The topological polar surface area (TPSA) is 108 Å². The monoisotopic (exact) mass is 467 g/mol. The number of aliphatic carboxylic acids is 1. The molecule has 0 bridgehead atoms. The number of hydrogen-bond donors (Lipinski definition) is 3. The molecule has 0 radical (unpaired) electrons. The number of carboxylic acid groups (broad SMARTS) is 1. The van der Waals surface area contributed by atoms with E-state index < -0.39 is 30.1 Å². The molecule has 0 heterocycles. The second kappa shape index (κ2) is 11.2. The summed E-state index contributed by atoms with van der Waals surface area (Å²) in [6.45, 7) is 3.95. The molecule has 3 N–H and O–H groups in total. The molecule has 8 nitrogen and oxygen atoms in total. The number of amides is 2. The first kappa shape index (κ1) is 25.2. The summed E-state index contributed by atoms with van der Waals surface area (Å²) in [6, 6.07) is 14.1. The molecule has 3 atom stereocenters. The zero-order valence-electron chi connectivity index (χ0n) is 20.1. The molecule has 0 saturated carbocycles. The van der Waals surface area contributed by atoms with Gasteiger partial charge in [-0.2, -0.15) is 0 Å². The van der Waals surface area contributed by atoms with Gasteiger partial charge in [-0.3, -0.25) is 4.79 Å². The molecule has 2 aromatic rings. The van der Waals surface area contributed by atoms with Crippen molar-refractivity contribution in [3.05, 3.63) is 59.7 Å². The standard InChI is InChI=1S/C26H33N3O5/c1-5-16(2)23(25(31)32)28-24(30)22(14-29(3)4)27-26(33)34-15-21-19-12-8-6-10-17(19)18-11-7-9-13-20(18)21/h6-13,16,21-23H,5,14-15H2,1-4H3,(H,27,33)(H,28,30)(H,31,32)/t16-,22?,23-/m0/s1. The van der Waals surface area contributed by atoms with Crippen LogP contribution in [0.1, 0.15) is 37.3 Å². The lowest BCUT2D eigenvalue weighted by Gasteiger charge is -2.26. The predicted molar refractivity (Wildman–Crippen MR) is 130 cm³/mol. The fraction of sp³-hybridized carbons (Fsp3) is 0.423. The first-order valence-corrected chi connectivity index (χ1v) is 11.5. The van der Waals surface area contributed by atoms with Gasteiger partial charge in [0.15, 0.2) is 0 Å². The molecule has 0 aromatic heterocycles. The number of fused-ring (bicyclic) bond motifs is 3. The van der Waals surface area contributed by atoms with Gasteiger partial charge in [-0.1, -0.05) is 68.8 Å². The summed E-state index contributed by atoms with van der Waals surface area (Å²) >= 11 is 0. The lowest BCUT2D eigenvalue weighted by atomic mass is 9.98. The molecular formula is C26H33N3O5. The summed E-state index contributed by atoms with van der Waals surface area (Å²) < 4.78 is 5.56. The minimum atomic E-state index is -1.10. The SMILES string of the molecule is CC[C@H](C)[C@H](NC(=O)C(CN(C)C)NC(=O)OCC1c2ccccc2-c2ccccc21)C(=O)O. The number of carbonyl (C=O) groups is 3. The minimum absolute atomic E-state index is 0.0962. The van der Waals surface area contributed by atoms with E-state index in [4.69, 9.17) is 4.74 Å². The Hall–Kier alpha value is -3.39. The normalized spacial score (nSPS) is 15.1. The Kier molecular flexibility index (Phi) is 8.28. The number of nitrogens with zero attached hydrogens (tertiary/aromatic N) is 1. The Morgan fingerprint density at radius 2 is 1.56 bits per heavy atom. The fourth-order valence-electron chi connectivity index (χ4n) is 4.28. The van der Waals surface area contributed by atoms with Crippen LogP contribution in [-0.2, 0) is 14.3 Å². The average Bonchev–Trinajstić information content (AvgIpc) is 3.13. The van der Waals surface area contributed by atoms with Crippen molar-refractivity contribution in [1.82, 2.24) is 15.5 Å². The van der Waals surface area contributed by atoms with Crippen molar-refractivity contribution in [3.8, 4) is 11.1 Å². The number of alkyl carbamates (subject to hydrolysis) is 1. The van der Waals surface area contributed by atoms with Crippen LogP contribution in [-0.4, -0.2) is 67.3 Å². The zero-order valence-corrected chi connectivity index (χ0v) is 20.1. The van der Waals surface area contributed by atoms with Gasteiger partial charge in [0.25, 0.3) is 0 Å². The van der Waals surface area contributed by atoms with E-state index in [1.807, 2.05) is 43.3 Å². The van der Waals surface area contributed by atoms with Crippen molar-refractivity contribution in [1.29, 1.82) is 0 Å². The number of ether oxygens (including phenoxy) is 1. The first-order valence-electron chi connectivity index (χ1n) is 11.5. The lowest BCUT2D eigenvalue weighted by molar-refractivity contribution is -0.143. The zero-order chi connectivity index (χ0) is 24.8. The van der Waals surface area contributed by atoms with Crippen molar-refractivity contribution in [2.75, 3.05) is 27.2 Å². The summed E-state index contributed by atoms with van der Waals surface area (Å²) in [4.78, 5) is 38.9. The smallest absolute Gasteiger partial charge is 0.407 e. The van der Waals surface area contributed by atoms with Gasteiger partial charge in [-0.25, -0.2) is 9.59 Å². The van der Waals surface area contributed by atoms with Crippen LogP contribution in [0.25, 0.3) is 11.1 Å². The number of nitrogens with one attached hydrogen (secondary N) is 2. The lowest BCUT2D eigenvalue weighted by Crippen LogP contribution is -2.56. The van der Waals surface area contributed by atoms with Gasteiger partial charge >= 0.3 is 12.1 Å². The van der Waals surface area contributed by atoms with E-state index in [0.29, 0.717) is 6.42 Å². The van der Waals surface area contributed by atoms with E-state index in [2.05, 4.69) is 22.8 Å². The highest BCUT2D eigenvalue weighted by molar-refractivity contribution is 5.89. The predicted octanol–water partition coefficient (Wildman–Crippen LogP) is 3.07. The minimum Gasteiger partial charge on any atom is -0.480 e. The van der Waals surface area contributed by atoms with Crippen LogP contribution in [0, 0.1) is 5.92 Å². The number of hydrogen-bond acceptors (Lipinski definition) is 5. The molecule has 1 unspecified atom stereocenters. The van der Waals surface area contributed by atoms with Crippen LogP contribution >= 0.6 is 0 Å². The molecule has 0 fully saturated rings. The van der Waals surface area contributed by atoms with Gasteiger partial charge in [-0.15, -0.1) is 0 Å². The van der Waals surface area contributed by atoms with Crippen molar-refractivity contribution >= 4 is 18.0 Å². The van der Waals surface area contributed by atoms with E-state index in [0.717, 1.165) is 22.3 Å². The van der Waals surface area contributed by atoms with E-state index in [1.165, 1.54) is 0 Å².